The van der Waals surface area contributed by atoms with Gasteiger partial charge in [-0.3, -0.25) is 4.68 Å². The van der Waals surface area contributed by atoms with Crippen LogP contribution < -0.4 is 10.6 Å². The summed E-state index contributed by atoms with van der Waals surface area (Å²) >= 11 is 0. The third-order valence-electron chi connectivity index (χ3n) is 3.42. The van der Waals surface area contributed by atoms with Gasteiger partial charge in [0.05, 0.1) is 24.5 Å². The summed E-state index contributed by atoms with van der Waals surface area (Å²) in [6.45, 7) is 3.43. The first-order valence-corrected chi connectivity index (χ1v) is 6.97. The Kier molecular flexibility index (Phi) is 3.87. The van der Waals surface area contributed by atoms with Gasteiger partial charge in [-0.15, -0.1) is 0 Å². The van der Waals surface area contributed by atoms with Crippen molar-refractivity contribution < 1.29 is 9.53 Å². The fourth-order valence-corrected chi connectivity index (χ4v) is 2.35. The Morgan fingerprint density at radius 3 is 3.00 bits per heavy atom. The average molecular weight is 286 g/mol. The molecule has 2 heterocycles. The number of ether oxygens (including phenoxy) is 1. The molecule has 0 radical (unpaired) electrons. The Balaban J connectivity index is 1.59. The molecule has 6 nitrogen and oxygen atoms in total. The first kappa shape index (κ1) is 13.6. The molecule has 2 N–H and O–H groups in total. The highest BCUT2D eigenvalue weighted by atomic mass is 16.5. The first-order valence-electron chi connectivity index (χ1n) is 6.97. The summed E-state index contributed by atoms with van der Waals surface area (Å²) in [6.07, 6.45) is 4.43. The standard InChI is InChI=1S/C15H18N4O2/c1-11-3-2-4-12(7-11)17-15(20)18-13-8-16-19(9-13)14-5-6-21-10-14/h2-4,7-9,14H,5-6,10H2,1H3,(H2,17,18,20). The molecule has 2 amide bonds. The van der Waals surface area contributed by atoms with Crippen molar-refractivity contribution in [1.82, 2.24) is 9.78 Å². The Bertz CT molecular complexity index is 632. The van der Waals surface area contributed by atoms with Crippen molar-refractivity contribution in [1.29, 1.82) is 0 Å². The van der Waals surface area contributed by atoms with Gasteiger partial charge in [-0.05, 0) is 31.0 Å². The topological polar surface area (TPSA) is 68.2 Å². The zero-order valence-electron chi connectivity index (χ0n) is 11.9. The van der Waals surface area contributed by atoms with Crippen molar-refractivity contribution in [2.45, 2.75) is 19.4 Å². The van der Waals surface area contributed by atoms with E-state index in [9.17, 15) is 4.79 Å². The molecule has 110 valence electrons. The maximum Gasteiger partial charge on any atom is 0.323 e. The molecule has 1 saturated heterocycles. The molecule has 0 bridgehead atoms. The highest BCUT2D eigenvalue weighted by Gasteiger charge is 2.18. The Morgan fingerprint density at radius 2 is 2.24 bits per heavy atom. The molecular weight excluding hydrogens is 268 g/mol. The summed E-state index contributed by atoms with van der Waals surface area (Å²) in [6, 6.07) is 7.65. The largest absolute Gasteiger partial charge is 0.379 e. The summed E-state index contributed by atoms with van der Waals surface area (Å²) < 4.78 is 7.17. The van der Waals surface area contributed by atoms with Crippen molar-refractivity contribution in [3.63, 3.8) is 0 Å². The number of carbonyl (C=O) groups is 1. The first-order chi connectivity index (χ1) is 10.2. The quantitative estimate of drug-likeness (QED) is 0.911. The van der Waals surface area contributed by atoms with Gasteiger partial charge in [-0.25, -0.2) is 4.79 Å². The minimum absolute atomic E-state index is 0.264. The second-order valence-corrected chi connectivity index (χ2v) is 5.18. The molecule has 21 heavy (non-hydrogen) atoms. The lowest BCUT2D eigenvalue weighted by Crippen LogP contribution is -2.19. The van der Waals surface area contributed by atoms with Gasteiger partial charge in [0.1, 0.15) is 0 Å². The van der Waals surface area contributed by atoms with Crippen molar-refractivity contribution in [3.8, 4) is 0 Å². The summed E-state index contributed by atoms with van der Waals surface area (Å²) in [7, 11) is 0. The van der Waals surface area contributed by atoms with Crippen LogP contribution in [0.5, 0.6) is 0 Å². The summed E-state index contributed by atoms with van der Waals surface area (Å²) in [5.74, 6) is 0. The number of carbonyl (C=O) groups excluding carboxylic acids is 1. The molecule has 1 unspecified atom stereocenters. The summed E-state index contributed by atoms with van der Waals surface area (Å²) in [5, 5.41) is 9.84. The van der Waals surface area contributed by atoms with E-state index >= 15 is 0 Å². The molecule has 1 aliphatic rings. The maximum absolute atomic E-state index is 11.9. The lowest BCUT2D eigenvalue weighted by atomic mass is 10.2. The molecule has 1 atom stereocenters. The van der Waals surface area contributed by atoms with E-state index in [4.69, 9.17) is 4.74 Å². The predicted octanol–water partition coefficient (Wildman–Crippen LogP) is 2.80. The Hall–Kier alpha value is -2.34. The molecule has 6 heteroatoms. The second-order valence-electron chi connectivity index (χ2n) is 5.18. The van der Waals surface area contributed by atoms with Crippen molar-refractivity contribution >= 4 is 17.4 Å². The van der Waals surface area contributed by atoms with E-state index < -0.39 is 0 Å². The summed E-state index contributed by atoms with van der Waals surface area (Å²) in [5.41, 5.74) is 2.54. The van der Waals surface area contributed by atoms with Crippen LogP contribution in [0.4, 0.5) is 16.2 Å². The van der Waals surface area contributed by atoms with E-state index in [1.54, 1.807) is 6.20 Å². The molecule has 0 spiro atoms. The van der Waals surface area contributed by atoms with E-state index in [0.29, 0.717) is 12.3 Å². The lowest BCUT2D eigenvalue weighted by Gasteiger charge is -2.08. The number of nitrogens with one attached hydrogen (secondary N) is 2. The number of benzene rings is 1. The van der Waals surface area contributed by atoms with E-state index in [-0.39, 0.29) is 12.1 Å². The Morgan fingerprint density at radius 1 is 1.38 bits per heavy atom. The number of anilines is 2. The highest BCUT2D eigenvalue weighted by Crippen LogP contribution is 2.19. The van der Waals surface area contributed by atoms with Crippen LogP contribution >= 0.6 is 0 Å². The average Bonchev–Trinajstić information content (AvgIpc) is 3.08. The van der Waals surface area contributed by atoms with Crippen LogP contribution in [-0.2, 0) is 4.74 Å². The van der Waals surface area contributed by atoms with Crippen LogP contribution in [0.15, 0.2) is 36.7 Å². The van der Waals surface area contributed by atoms with Gasteiger partial charge in [0, 0.05) is 18.5 Å². The number of amides is 2. The van der Waals surface area contributed by atoms with Crippen molar-refractivity contribution in [2.24, 2.45) is 0 Å². The van der Waals surface area contributed by atoms with E-state index in [1.165, 1.54) is 0 Å². The fraction of sp³-hybridized carbons (Fsp3) is 0.333. The number of rotatable bonds is 3. The van der Waals surface area contributed by atoms with E-state index in [0.717, 1.165) is 24.3 Å². The van der Waals surface area contributed by atoms with Gasteiger partial charge in [-0.1, -0.05) is 12.1 Å². The normalized spacial score (nSPS) is 17.7. The fourth-order valence-electron chi connectivity index (χ4n) is 2.35. The molecule has 1 aromatic heterocycles. The van der Waals surface area contributed by atoms with Crippen LogP contribution in [0.2, 0.25) is 0 Å². The van der Waals surface area contributed by atoms with Crippen molar-refractivity contribution in [3.05, 3.63) is 42.2 Å². The number of nitrogens with zero attached hydrogens (tertiary/aromatic N) is 2. The zero-order chi connectivity index (χ0) is 14.7. The molecule has 1 fully saturated rings. The molecule has 2 aromatic rings. The molecule has 0 aliphatic carbocycles. The second kappa shape index (κ2) is 5.97. The number of urea groups is 1. The maximum atomic E-state index is 11.9. The minimum Gasteiger partial charge on any atom is -0.379 e. The van der Waals surface area contributed by atoms with Gasteiger partial charge in [0.15, 0.2) is 0 Å². The molecule has 1 aromatic carbocycles. The van der Waals surface area contributed by atoms with Crippen molar-refractivity contribution in [2.75, 3.05) is 23.8 Å². The van der Waals surface area contributed by atoms with Gasteiger partial charge in [-0.2, -0.15) is 5.10 Å². The summed E-state index contributed by atoms with van der Waals surface area (Å²) in [4.78, 5) is 11.9. The van der Waals surface area contributed by atoms with E-state index in [2.05, 4.69) is 15.7 Å². The third-order valence-corrected chi connectivity index (χ3v) is 3.42. The molecule has 1 aliphatic heterocycles. The number of hydrogen-bond acceptors (Lipinski definition) is 3. The number of hydrogen-bond donors (Lipinski definition) is 2. The van der Waals surface area contributed by atoms with Crippen LogP contribution in [0.25, 0.3) is 0 Å². The van der Waals surface area contributed by atoms with Gasteiger partial charge >= 0.3 is 6.03 Å². The lowest BCUT2D eigenvalue weighted by molar-refractivity contribution is 0.184. The number of aromatic nitrogens is 2. The molecule has 0 saturated carbocycles. The predicted molar refractivity (Wildman–Crippen MR) is 80.5 cm³/mol. The van der Waals surface area contributed by atoms with Crippen LogP contribution in [-0.4, -0.2) is 29.0 Å². The van der Waals surface area contributed by atoms with Crippen LogP contribution in [0.1, 0.15) is 18.0 Å². The van der Waals surface area contributed by atoms with Gasteiger partial charge in [0.25, 0.3) is 0 Å². The van der Waals surface area contributed by atoms with E-state index in [1.807, 2.05) is 42.1 Å². The molecule has 3 rings (SSSR count). The highest BCUT2D eigenvalue weighted by molar-refractivity contribution is 5.99. The monoisotopic (exact) mass is 286 g/mol. The van der Waals surface area contributed by atoms with Crippen LogP contribution in [0.3, 0.4) is 0 Å². The third kappa shape index (κ3) is 3.41. The number of aryl methyl sites for hydroxylation is 1. The van der Waals surface area contributed by atoms with Crippen LogP contribution in [0, 0.1) is 6.92 Å². The minimum atomic E-state index is -0.275. The Labute approximate surface area is 123 Å². The smallest absolute Gasteiger partial charge is 0.323 e. The SMILES string of the molecule is Cc1cccc(NC(=O)Nc2cnn(C3CCOC3)c2)c1. The van der Waals surface area contributed by atoms with Gasteiger partial charge < -0.3 is 15.4 Å². The zero-order valence-corrected chi connectivity index (χ0v) is 11.9. The molecular formula is C15H18N4O2. The van der Waals surface area contributed by atoms with Gasteiger partial charge in [0.2, 0.25) is 0 Å².